The van der Waals surface area contributed by atoms with Gasteiger partial charge in [-0.15, -0.1) is 0 Å². The fraction of sp³-hybridized carbons (Fsp3) is 0.614. The molecule has 2 heterocycles. The van der Waals surface area contributed by atoms with Crippen molar-refractivity contribution >= 4 is 11.8 Å². The Balaban J connectivity index is 1.26. The molecule has 7 rings (SSSR count). The predicted molar refractivity (Wildman–Crippen MR) is 216 cm³/mol. The number of aliphatic hydroxyl groups excluding tert-OH is 2. The SMILES string of the molecule is COc1c(CN2O[C@@H](CO)[C@@H]([C@H](C)O)[C@H]2C(=O)N[C@H]2C[C@H]3C[C@@H]([C@@H]2C)C3(C)C)cccc1C1C=C(C(=O)N[C@H](Cc2ccccn2)CN(C)C)C=C(N(C)C)C1. The smallest absolute Gasteiger partial charge is 0.251 e. The molecule has 10 atom stereocenters. The lowest BCUT2D eigenvalue weighted by Crippen LogP contribution is -2.62. The number of nitrogens with one attached hydrogen (secondary N) is 2. The van der Waals surface area contributed by atoms with Gasteiger partial charge in [-0.3, -0.25) is 19.4 Å². The Morgan fingerprint density at radius 1 is 1.12 bits per heavy atom. The molecule has 1 unspecified atom stereocenters. The summed E-state index contributed by atoms with van der Waals surface area (Å²) in [5, 5.41) is 29.6. The highest BCUT2D eigenvalue weighted by molar-refractivity contribution is 5.97. The third-order valence-corrected chi connectivity index (χ3v) is 13.2. The molecule has 0 radical (unpaired) electrons. The first-order chi connectivity index (χ1) is 26.6. The summed E-state index contributed by atoms with van der Waals surface area (Å²) < 4.78 is 6.14. The number of rotatable bonds is 15. The number of hydrogen-bond acceptors (Lipinski definition) is 10. The molecule has 4 N–H and O–H groups in total. The number of fused-ring (bicyclic) bond motifs is 2. The summed E-state index contributed by atoms with van der Waals surface area (Å²) in [5.74, 6) is 0.934. The Morgan fingerprint density at radius 2 is 1.89 bits per heavy atom. The molecular formula is C44H64N6O6. The normalized spacial score (nSPS) is 29.4. The number of para-hydroxylation sites is 1. The van der Waals surface area contributed by atoms with Gasteiger partial charge in [-0.2, -0.15) is 5.06 Å². The summed E-state index contributed by atoms with van der Waals surface area (Å²) in [6, 6.07) is 10.8. The highest BCUT2D eigenvalue weighted by Crippen LogP contribution is 2.61. The van der Waals surface area contributed by atoms with Crippen molar-refractivity contribution in [3.8, 4) is 5.75 Å². The maximum Gasteiger partial charge on any atom is 0.251 e. The molecule has 1 saturated heterocycles. The number of aromatic nitrogens is 1. The van der Waals surface area contributed by atoms with Crippen LogP contribution in [0.2, 0.25) is 0 Å². The van der Waals surface area contributed by atoms with Gasteiger partial charge >= 0.3 is 0 Å². The molecule has 12 nitrogen and oxygen atoms in total. The average Bonchev–Trinajstić information content (AvgIpc) is 3.53. The number of aliphatic hydroxyl groups is 2. The molecule has 1 aromatic heterocycles. The molecule has 2 amide bonds. The van der Waals surface area contributed by atoms with E-state index in [1.807, 2.05) is 81.6 Å². The molecule has 4 aliphatic carbocycles. The van der Waals surface area contributed by atoms with Crippen LogP contribution in [0.5, 0.6) is 5.75 Å². The van der Waals surface area contributed by atoms with Crippen LogP contribution in [-0.4, -0.2) is 121 Å². The van der Waals surface area contributed by atoms with Crippen molar-refractivity contribution in [3.05, 3.63) is 82.8 Å². The maximum atomic E-state index is 14.3. The summed E-state index contributed by atoms with van der Waals surface area (Å²) in [4.78, 5) is 43.2. The zero-order valence-electron chi connectivity index (χ0n) is 34.7. The van der Waals surface area contributed by atoms with Crippen LogP contribution in [0.1, 0.15) is 69.7 Å². The second kappa shape index (κ2) is 17.4. The van der Waals surface area contributed by atoms with Gasteiger partial charge in [0.15, 0.2) is 0 Å². The first-order valence-corrected chi connectivity index (χ1v) is 20.3. The number of pyridine rings is 1. The number of benzene rings is 1. The maximum absolute atomic E-state index is 14.3. The third-order valence-electron chi connectivity index (χ3n) is 13.2. The van der Waals surface area contributed by atoms with E-state index in [0.717, 1.165) is 28.9 Å². The van der Waals surface area contributed by atoms with Crippen LogP contribution in [0, 0.1) is 29.1 Å². The first kappa shape index (κ1) is 41.8. The monoisotopic (exact) mass is 772 g/mol. The number of hydrogen-bond donors (Lipinski definition) is 4. The molecule has 12 heteroatoms. The van der Waals surface area contributed by atoms with Crippen molar-refractivity contribution in [1.29, 1.82) is 0 Å². The standard InChI is InChI=1S/C44H64N6O6/c1-26-36-20-31(44(36,3)4)21-37(26)47-43(54)40-39(27(2)52)38(25-51)56-50(40)23-28-13-12-15-35(41(28)55-9)29-17-30(19-34(18-29)49(7)8)42(53)46-33(24-48(5)6)22-32-14-10-11-16-45-32/h10-17,19,26-27,29,31,33,36-40,51-52H,18,20-25H2,1-9H3,(H,46,53)(H,47,54)/t26-,27-,29?,31+,33+,36-,37-,38-,39+,40-/m0/s1. The number of ether oxygens (including phenoxy) is 1. The van der Waals surface area contributed by atoms with Gasteiger partial charge in [0.05, 0.1) is 26.4 Å². The summed E-state index contributed by atoms with van der Waals surface area (Å²) in [5.41, 5.74) is 4.48. The van der Waals surface area contributed by atoms with Crippen molar-refractivity contribution in [2.75, 3.05) is 48.5 Å². The molecule has 1 aliphatic heterocycles. The summed E-state index contributed by atoms with van der Waals surface area (Å²) in [7, 11) is 9.59. The van der Waals surface area contributed by atoms with Crippen LogP contribution in [0.4, 0.5) is 0 Å². The molecule has 2 aromatic rings. The molecule has 1 aromatic carbocycles. The number of methoxy groups -OCH3 is 1. The molecular weight excluding hydrogens is 709 g/mol. The lowest BCUT2D eigenvalue weighted by atomic mass is 9.45. The van der Waals surface area contributed by atoms with Gasteiger partial charge in [0.1, 0.15) is 17.9 Å². The summed E-state index contributed by atoms with van der Waals surface area (Å²) in [6.45, 7) is 9.09. The van der Waals surface area contributed by atoms with Crippen molar-refractivity contribution in [3.63, 3.8) is 0 Å². The minimum atomic E-state index is -0.897. The largest absolute Gasteiger partial charge is 0.496 e. The van der Waals surface area contributed by atoms with Crippen LogP contribution in [0.25, 0.3) is 0 Å². The number of carbonyl (C=O) groups excluding carboxylic acids is 2. The lowest BCUT2D eigenvalue weighted by molar-refractivity contribution is -0.183. The quantitative estimate of drug-likeness (QED) is 0.211. The fourth-order valence-electron chi connectivity index (χ4n) is 10.0. The van der Waals surface area contributed by atoms with E-state index < -0.39 is 24.2 Å². The van der Waals surface area contributed by atoms with E-state index in [4.69, 9.17) is 9.57 Å². The molecule has 2 bridgehead atoms. The number of likely N-dealkylation sites (N-methyl/N-ethyl adjacent to an activating group) is 1. The number of carbonyl (C=O) groups is 2. The van der Waals surface area contributed by atoms with E-state index in [-0.39, 0.29) is 48.4 Å². The zero-order valence-corrected chi connectivity index (χ0v) is 34.7. The van der Waals surface area contributed by atoms with Gasteiger partial charge in [0.2, 0.25) is 5.91 Å². The first-order valence-electron chi connectivity index (χ1n) is 20.3. The number of allylic oxidation sites excluding steroid dienone is 2. The molecule has 306 valence electrons. The van der Waals surface area contributed by atoms with Gasteiger partial charge in [-0.05, 0) is 81.7 Å². The molecule has 5 aliphatic rings. The minimum Gasteiger partial charge on any atom is -0.496 e. The Morgan fingerprint density at radius 3 is 2.50 bits per heavy atom. The van der Waals surface area contributed by atoms with E-state index in [0.29, 0.717) is 48.5 Å². The highest BCUT2D eigenvalue weighted by Gasteiger charge is 2.57. The molecule has 56 heavy (non-hydrogen) atoms. The van der Waals surface area contributed by atoms with Crippen molar-refractivity contribution in [2.24, 2.45) is 29.1 Å². The van der Waals surface area contributed by atoms with Crippen LogP contribution in [0.3, 0.4) is 0 Å². The number of amides is 2. The minimum absolute atomic E-state index is 0.0402. The van der Waals surface area contributed by atoms with Gasteiger partial charge in [0, 0.05) is 85.3 Å². The second-order valence-electron chi connectivity index (χ2n) is 17.7. The van der Waals surface area contributed by atoms with Crippen LogP contribution < -0.4 is 15.4 Å². The van der Waals surface area contributed by atoms with Crippen LogP contribution >= 0.6 is 0 Å². The van der Waals surface area contributed by atoms with Crippen molar-refractivity contribution < 1.29 is 29.4 Å². The van der Waals surface area contributed by atoms with E-state index >= 15 is 0 Å². The zero-order chi connectivity index (χ0) is 40.5. The Bertz CT molecular complexity index is 1760. The third kappa shape index (κ3) is 8.69. The predicted octanol–water partition coefficient (Wildman–Crippen LogP) is 3.90. The molecule has 3 saturated carbocycles. The van der Waals surface area contributed by atoms with Gasteiger partial charge < -0.3 is 35.4 Å². The van der Waals surface area contributed by atoms with Gasteiger partial charge in [-0.25, -0.2) is 0 Å². The molecule has 0 spiro atoms. The van der Waals surface area contributed by atoms with Gasteiger partial charge in [-0.1, -0.05) is 51.1 Å². The average molecular weight is 773 g/mol. The second-order valence-corrected chi connectivity index (χ2v) is 17.7. The Labute approximate surface area is 333 Å². The van der Waals surface area contributed by atoms with Crippen LogP contribution in [-0.2, 0) is 27.4 Å². The van der Waals surface area contributed by atoms with Gasteiger partial charge in [0.25, 0.3) is 5.91 Å². The molecule has 4 fully saturated rings. The van der Waals surface area contributed by atoms with E-state index in [1.165, 1.54) is 6.42 Å². The van der Waals surface area contributed by atoms with E-state index in [2.05, 4.69) is 41.3 Å². The van der Waals surface area contributed by atoms with E-state index in [9.17, 15) is 19.8 Å². The number of nitrogens with zero attached hydrogens (tertiary/aromatic N) is 4. The number of hydroxylamine groups is 2. The highest BCUT2D eigenvalue weighted by atomic mass is 16.7. The lowest BCUT2D eigenvalue weighted by Gasteiger charge is -2.62. The topological polar surface area (TPSA) is 140 Å². The Hall–Kier alpha value is -3.81. The fourth-order valence-corrected chi connectivity index (χ4v) is 10.0. The van der Waals surface area contributed by atoms with Crippen molar-refractivity contribution in [1.82, 2.24) is 30.5 Å². The summed E-state index contributed by atoms with van der Waals surface area (Å²) in [6.07, 6.45) is 7.49. The van der Waals surface area contributed by atoms with Crippen LogP contribution in [0.15, 0.2) is 66.0 Å². The Kier molecular flexibility index (Phi) is 13.0. The summed E-state index contributed by atoms with van der Waals surface area (Å²) >= 11 is 0. The van der Waals surface area contributed by atoms with E-state index in [1.54, 1.807) is 25.3 Å². The van der Waals surface area contributed by atoms with Crippen molar-refractivity contribution in [2.45, 2.75) is 96.2 Å².